The highest BCUT2D eigenvalue weighted by atomic mass is 35.5. The van der Waals surface area contributed by atoms with Gasteiger partial charge in [0.25, 0.3) is 0 Å². The maximum absolute atomic E-state index is 11.0. The van der Waals surface area contributed by atoms with Gasteiger partial charge in [-0.2, -0.15) is 0 Å². The monoisotopic (exact) mass is 303 g/mol. The van der Waals surface area contributed by atoms with Gasteiger partial charge >= 0.3 is 0 Å². The molecule has 1 N–H and O–H groups in total. The van der Waals surface area contributed by atoms with Crippen molar-refractivity contribution in [2.24, 2.45) is 0 Å². The smallest absolute Gasteiger partial charge is 0.216 e. The van der Waals surface area contributed by atoms with Crippen LogP contribution in [0, 0.1) is 0 Å². The van der Waals surface area contributed by atoms with Gasteiger partial charge in [0.05, 0.1) is 6.10 Å². The molecule has 110 valence electrons. The van der Waals surface area contributed by atoms with Gasteiger partial charge in [0.2, 0.25) is 5.91 Å². The number of fused-ring (bicyclic) bond motifs is 1. The normalized spacial score (nSPS) is 14.2. The number of hydrogen-bond acceptors (Lipinski definition) is 2. The second-order valence-electron chi connectivity index (χ2n) is 5.46. The van der Waals surface area contributed by atoms with Gasteiger partial charge in [-0.25, -0.2) is 0 Å². The summed E-state index contributed by atoms with van der Waals surface area (Å²) >= 11 is 6.27. The number of rotatable bonds is 5. The van der Waals surface area contributed by atoms with E-state index >= 15 is 0 Å². The standard InChI is InChI=1S/C17H18ClNO2/c1-11(20)19-9-8-12-2-7-17(18)15-6-5-14(10-16(12)15)21-13-3-4-13/h2,5-7,10,13H,3-4,8-9H2,1H3,(H,19,20). The second kappa shape index (κ2) is 5.94. The predicted molar refractivity (Wildman–Crippen MR) is 85.0 cm³/mol. The fourth-order valence-electron chi connectivity index (χ4n) is 2.39. The average Bonchev–Trinajstić information content (AvgIpc) is 3.25. The number of halogens is 1. The molecule has 0 bridgehead atoms. The predicted octanol–water partition coefficient (Wildman–Crippen LogP) is 3.71. The van der Waals surface area contributed by atoms with Crippen molar-refractivity contribution >= 4 is 28.3 Å². The Kier molecular flexibility index (Phi) is 4.02. The first-order chi connectivity index (χ1) is 10.1. The van der Waals surface area contributed by atoms with Crippen molar-refractivity contribution in [3.05, 3.63) is 40.9 Å². The van der Waals surface area contributed by atoms with Crippen LogP contribution in [0.5, 0.6) is 5.75 Å². The molecule has 2 aromatic carbocycles. The molecule has 0 radical (unpaired) electrons. The van der Waals surface area contributed by atoms with Crippen molar-refractivity contribution < 1.29 is 9.53 Å². The number of benzene rings is 2. The third-order valence-corrected chi connectivity index (χ3v) is 3.95. The molecule has 4 heteroatoms. The number of carbonyl (C=O) groups is 1. The van der Waals surface area contributed by atoms with Crippen LogP contribution in [-0.2, 0) is 11.2 Å². The number of amides is 1. The molecule has 2 aromatic rings. The lowest BCUT2D eigenvalue weighted by Crippen LogP contribution is -2.22. The van der Waals surface area contributed by atoms with Crippen molar-refractivity contribution in [1.82, 2.24) is 5.32 Å². The van der Waals surface area contributed by atoms with Crippen LogP contribution >= 0.6 is 11.6 Å². The van der Waals surface area contributed by atoms with E-state index in [1.54, 1.807) is 0 Å². The Labute approximate surface area is 129 Å². The molecule has 0 aliphatic heterocycles. The Morgan fingerprint density at radius 2 is 2.10 bits per heavy atom. The van der Waals surface area contributed by atoms with E-state index in [1.165, 1.54) is 12.5 Å². The molecular weight excluding hydrogens is 286 g/mol. The van der Waals surface area contributed by atoms with Gasteiger partial charge in [0.1, 0.15) is 5.75 Å². The third-order valence-electron chi connectivity index (χ3n) is 3.62. The van der Waals surface area contributed by atoms with Crippen LogP contribution in [0.4, 0.5) is 0 Å². The van der Waals surface area contributed by atoms with Gasteiger partial charge in [-0.1, -0.05) is 17.7 Å². The van der Waals surface area contributed by atoms with E-state index in [-0.39, 0.29) is 5.91 Å². The summed E-state index contributed by atoms with van der Waals surface area (Å²) in [5, 5.41) is 5.70. The number of hydrogen-bond donors (Lipinski definition) is 1. The molecule has 1 aliphatic rings. The summed E-state index contributed by atoms with van der Waals surface area (Å²) < 4.78 is 5.86. The number of ether oxygens (including phenoxy) is 1. The van der Waals surface area contributed by atoms with Crippen LogP contribution in [-0.4, -0.2) is 18.6 Å². The Morgan fingerprint density at radius 3 is 2.81 bits per heavy atom. The largest absolute Gasteiger partial charge is 0.490 e. The first-order valence-electron chi connectivity index (χ1n) is 7.26. The summed E-state index contributed by atoms with van der Waals surface area (Å²) in [7, 11) is 0. The number of carbonyl (C=O) groups excluding carboxylic acids is 1. The molecule has 0 aromatic heterocycles. The Bertz CT molecular complexity index is 680. The van der Waals surface area contributed by atoms with Crippen LogP contribution in [0.25, 0.3) is 10.8 Å². The quantitative estimate of drug-likeness (QED) is 0.914. The second-order valence-corrected chi connectivity index (χ2v) is 5.87. The maximum atomic E-state index is 11.0. The number of nitrogens with one attached hydrogen (secondary N) is 1. The Balaban J connectivity index is 1.89. The molecule has 1 amide bonds. The van der Waals surface area contributed by atoms with E-state index < -0.39 is 0 Å². The van der Waals surface area contributed by atoms with Crippen LogP contribution in [0.15, 0.2) is 30.3 Å². The molecule has 3 nitrogen and oxygen atoms in total. The van der Waals surface area contributed by atoms with Crippen LogP contribution < -0.4 is 10.1 Å². The van der Waals surface area contributed by atoms with Crippen molar-refractivity contribution in [3.63, 3.8) is 0 Å². The van der Waals surface area contributed by atoms with Gasteiger partial charge in [-0.15, -0.1) is 0 Å². The van der Waals surface area contributed by atoms with Crippen LogP contribution in [0.1, 0.15) is 25.3 Å². The van der Waals surface area contributed by atoms with E-state index in [4.69, 9.17) is 16.3 Å². The topological polar surface area (TPSA) is 38.3 Å². The Hall–Kier alpha value is -1.74. The minimum absolute atomic E-state index is 0.00831. The zero-order chi connectivity index (χ0) is 14.8. The molecule has 3 rings (SSSR count). The van der Waals surface area contributed by atoms with Crippen molar-refractivity contribution in [1.29, 1.82) is 0 Å². The molecular formula is C17H18ClNO2. The molecule has 1 fully saturated rings. The summed E-state index contributed by atoms with van der Waals surface area (Å²) in [5.74, 6) is 0.888. The molecule has 0 heterocycles. The SMILES string of the molecule is CC(=O)NCCc1ccc(Cl)c2ccc(OC3CC3)cc12. The van der Waals surface area contributed by atoms with E-state index in [9.17, 15) is 4.79 Å². The first-order valence-corrected chi connectivity index (χ1v) is 7.63. The lowest BCUT2D eigenvalue weighted by Gasteiger charge is -2.11. The fourth-order valence-corrected chi connectivity index (χ4v) is 2.62. The third kappa shape index (κ3) is 3.48. The van der Waals surface area contributed by atoms with Gasteiger partial charge < -0.3 is 10.1 Å². The minimum Gasteiger partial charge on any atom is -0.490 e. The lowest BCUT2D eigenvalue weighted by molar-refractivity contribution is -0.118. The molecule has 1 saturated carbocycles. The maximum Gasteiger partial charge on any atom is 0.216 e. The van der Waals surface area contributed by atoms with Crippen LogP contribution in [0.3, 0.4) is 0 Å². The van der Waals surface area contributed by atoms with Gasteiger partial charge in [-0.3, -0.25) is 4.79 Å². The van der Waals surface area contributed by atoms with Crippen molar-refractivity contribution in [3.8, 4) is 5.75 Å². The molecule has 0 saturated heterocycles. The zero-order valence-corrected chi connectivity index (χ0v) is 12.7. The molecule has 0 unspecified atom stereocenters. The van der Waals surface area contributed by atoms with Gasteiger partial charge in [-0.05, 0) is 54.5 Å². The summed E-state index contributed by atoms with van der Waals surface area (Å²) in [4.78, 5) is 11.0. The molecule has 0 atom stereocenters. The zero-order valence-electron chi connectivity index (χ0n) is 12.0. The van der Waals surface area contributed by atoms with Gasteiger partial charge in [0.15, 0.2) is 0 Å². The molecule has 1 aliphatic carbocycles. The Morgan fingerprint density at radius 1 is 1.29 bits per heavy atom. The van der Waals surface area contributed by atoms with Gasteiger partial charge in [0, 0.05) is 23.9 Å². The van der Waals surface area contributed by atoms with E-state index in [1.807, 2.05) is 24.3 Å². The summed E-state index contributed by atoms with van der Waals surface area (Å²) in [6, 6.07) is 9.98. The average molecular weight is 304 g/mol. The van der Waals surface area contributed by atoms with Crippen LogP contribution in [0.2, 0.25) is 5.02 Å². The van der Waals surface area contributed by atoms with E-state index in [0.29, 0.717) is 12.6 Å². The first kappa shape index (κ1) is 14.2. The van der Waals surface area contributed by atoms with Crippen molar-refractivity contribution in [2.45, 2.75) is 32.3 Å². The van der Waals surface area contributed by atoms with E-state index in [2.05, 4.69) is 11.4 Å². The summed E-state index contributed by atoms with van der Waals surface area (Å²) in [5.41, 5.74) is 1.17. The lowest BCUT2D eigenvalue weighted by atomic mass is 10.0. The molecule has 0 spiro atoms. The minimum atomic E-state index is -0.00831. The summed E-state index contributed by atoms with van der Waals surface area (Å²) in [6.07, 6.45) is 3.44. The summed E-state index contributed by atoms with van der Waals surface area (Å²) in [6.45, 7) is 2.15. The molecule has 21 heavy (non-hydrogen) atoms. The highest BCUT2D eigenvalue weighted by Crippen LogP contribution is 2.33. The highest BCUT2D eigenvalue weighted by molar-refractivity contribution is 6.35. The highest BCUT2D eigenvalue weighted by Gasteiger charge is 2.23. The fraction of sp³-hybridized carbons (Fsp3) is 0.353. The van der Waals surface area contributed by atoms with Crippen molar-refractivity contribution in [2.75, 3.05) is 6.54 Å². The van der Waals surface area contributed by atoms with E-state index in [0.717, 1.165) is 40.8 Å².